The van der Waals surface area contributed by atoms with E-state index in [4.69, 9.17) is 4.74 Å². The standard InChI is InChI=1S/C24H28N4O2S/c29-24(26-19-4-6-20(7-5-19)28-8-12-30-13-9-28)21-2-1-3-22-23(21)18(16-25-22)17-27-10-14-31-15-11-27/h1-7,16,25H,8-15,17H2,(H,26,29). The molecular weight excluding hydrogens is 408 g/mol. The summed E-state index contributed by atoms with van der Waals surface area (Å²) in [5.74, 6) is 2.28. The lowest BCUT2D eigenvalue weighted by atomic mass is 10.0. The second-order valence-corrected chi connectivity index (χ2v) is 9.26. The van der Waals surface area contributed by atoms with Crippen molar-refractivity contribution in [3.05, 3.63) is 59.8 Å². The fourth-order valence-electron chi connectivity index (χ4n) is 4.35. The van der Waals surface area contributed by atoms with Gasteiger partial charge in [-0.1, -0.05) is 6.07 Å². The number of nitrogens with one attached hydrogen (secondary N) is 2. The predicted molar refractivity (Wildman–Crippen MR) is 128 cm³/mol. The van der Waals surface area contributed by atoms with Crippen molar-refractivity contribution < 1.29 is 9.53 Å². The molecule has 2 saturated heterocycles. The summed E-state index contributed by atoms with van der Waals surface area (Å²) in [4.78, 5) is 21.3. The third-order valence-electron chi connectivity index (χ3n) is 6.03. The molecule has 2 aliphatic heterocycles. The summed E-state index contributed by atoms with van der Waals surface area (Å²) >= 11 is 2.01. The van der Waals surface area contributed by atoms with E-state index in [1.807, 2.05) is 42.1 Å². The minimum atomic E-state index is -0.0697. The molecule has 0 bridgehead atoms. The first kappa shape index (κ1) is 20.4. The average molecular weight is 437 g/mol. The van der Waals surface area contributed by atoms with Crippen molar-refractivity contribution in [3.63, 3.8) is 0 Å². The van der Waals surface area contributed by atoms with E-state index < -0.39 is 0 Å². The Balaban J connectivity index is 1.34. The number of rotatable bonds is 5. The number of carbonyl (C=O) groups is 1. The highest BCUT2D eigenvalue weighted by atomic mass is 32.2. The molecule has 2 aromatic carbocycles. The van der Waals surface area contributed by atoms with Crippen molar-refractivity contribution >= 4 is 39.9 Å². The van der Waals surface area contributed by atoms with Crippen LogP contribution >= 0.6 is 11.8 Å². The molecule has 0 radical (unpaired) electrons. The molecule has 1 amide bonds. The highest BCUT2D eigenvalue weighted by molar-refractivity contribution is 7.99. The van der Waals surface area contributed by atoms with E-state index in [1.165, 1.54) is 17.1 Å². The molecule has 31 heavy (non-hydrogen) atoms. The maximum Gasteiger partial charge on any atom is 0.256 e. The number of benzene rings is 2. The molecule has 3 aromatic rings. The van der Waals surface area contributed by atoms with Gasteiger partial charge < -0.3 is 19.9 Å². The van der Waals surface area contributed by atoms with Crippen LogP contribution in [0.15, 0.2) is 48.7 Å². The van der Waals surface area contributed by atoms with Crippen molar-refractivity contribution in [1.29, 1.82) is 0 Å². The van der Waals surface area contributed by atoms with Gasteiger partial charge in [0, 0.05) is 78.3 Å². The third kappa shape index (κ3) is 4.59. The van der Waals surface area contributed by atoms with Crippen molar-refractivity contribution in [2.75, 3.05) is 61.1 Å². The summed E-state index contributed by atoms with van der Waals surface area (Å²) < 4.78 is 5.43. The number of thioether (sulfide) groups is 1. The van der Waals surface area contributed by atoms with Gasteiger partial charge in [-0.25, -0.2) is 0 Å². The van der Waals surface area contributed by atoms with Crippen molar-refractivity contribution in [2.24, 2.45) is 0 Å². The van der Waals surface area contributed by atoms with Crippen molar-refractivity contribution in [1.82, 2.24) is 9.88 Å². The predicted octanol–water partition coefficient (Wildman–Crippen LogP) is 3.81. The molecule has 1 aromatic heterocycles. The van der Waals surface area contributed by atoms with Gasteiger partial charge in [0.25, 0.3) is 5.91 Å². The Morgan fingerprint density at radius 2 is 1.81 bits per heavy atom. The molecule has 162 valence electrons. The molecular formula is C24H28N4O2S. The summed E-state index contributed by atoms with van der Waals surface area (Å²) in [6.07, 6.45) is 2.06. The number of hydrogen-bond donors (Lipinski definition) is 2. The van der Waals surface area contributed by atoms with Crippen LogP contribution in [0.25, 0.3) is 10.9 Å². The molecule has 2 fully saturated rings. The Kier molecular flexibility index (Phi) is 6.15. The molecule has 6 nitrogen and oxygen atoms in total. The van der Waals surface area contributed by atoms with Crippen LogP contribution in [0, 0.1) is 0 Å². The Bertz CT molecular complexity index is 1040. The van der Waals surface area contributed by atoms with Crippen LogP contribution in [0.5, 0.6) is 0 Å². The Morgan fingerprint density at radius 3 is 2.58 bits per heavy atom. The van der Waals surface area contributed by atoms with Gasteiger partial charge in [0.1, 0.15) is 0 Å². The first-order valence-corrected chi connectivity index (χ1v) is 12.1. The minimum Gasteiger partial charge on any atom is -0.378 e. The number of hydrogen-bond acceptors (Lipinski definition) is 5. The van der Waals surface area contributed by atoms with Crippen LogP contribution in [0.3, 0.4) is 0 Å². The molecule has 5 rings (SSSR count). The lowest BCUT2D eigenvalue weighted by Crippen LogP contribution is -2.36. The quantitative estimate of drug-likeness (QED) is 0.637. The van der Waals surface area contributed by atoms with E-state index in [2.05, 4.69) is 38.4 Å². The molecule has 0 saturated carbocycles. The zero-order valence-electron chi connectivity index (χ0n) is 17.6. The number of fused-ring (bicyclic) bond motifs is 1. The summed E-state index contributed by atoms with van der Waals surface area (Å²) in [6.45, 7) is 6.40. The lowest BCUT2D eigenvalue weighted by Gasteiger charge is -2.28. The van der Waals surface area contributed by atoms with Gasteiger partial charge in [-0.05, 0) is 42.0 Å². The van der Waals surface area contributed by atoms with E-state index in [9.17, 15) is 4.79 Å². The Morgan fingerprint density at radius 1 is 1.03 bits per heavy atom. The Hall–Kier alpha value is -2.48. The van der Waals surface area contributed by atoms with Gasteiger partial charge in [-0.3, -0.25) is 9.69 Å². The van der Waals surface area contributed by atoms with Crippen LogP contribution in [-0.4, -0.2) is 66.7 Å². The van der Waals surface area contributed by atoms with E-state index >= 15 is 0 Å². The maximum absolute atomic E-state index is 13.2. The SMILES string of the molecule is O=C(Nc1ccc(N2CCOCC2)cc1)c1cccc2[nH]cc(CN3CCSCC3)c12. The number of aromatic nitrogens is 1. The molecule has 0 spiro atoms. The number of nitrogens with zero attached hydrogens (tertiary/aromatic N) is 2. The number of ether oxygens (including phenoxy) is 1. The summed E-state index contributed by atoms with van der Waals surface area (Å²) in [5, 5.41) is 4.12. The fraction of sp³-hybridized carbons (Fsp3) is 0.375. The molecule has 0 unspecified atom stereocenters. The lowest BCUT2D eigenvalue weighted by molar-refractivity contribution is 0.102. The number of amides is 1. The van der Waals surface area contributed by atoms with E-state index in [0.717, 1.165) is 73.8 Å². The minimum absolute atomic E-state index is 0.0697. The highest BCUT2D eigenvalue weighted by Crippen LogP contribution is 2.26. The second-order valence-electron chi connectivity index (χ2n) is 8.03. The molecule has 2 aliphatic rings. The number of carbonyl (C=O) groups excluding carboxylic acids is 1. The van der Waals surface area contributed by atoms with E-state index in [0.29, 0.717) is 0 Å². The second kappa shape index (κ2) is 9.34. The third-order valence-corrected chi connectivity index (χ3v) is 6.97. The van der Waals surface area contributed by atoms with E-state index in [-0.39, 0.29) is 5.91 Å². The first-order chi connectivity index (χ1) is 15.3. The maximum atomic E-state index is 13.2. The Labute approximate surface area is 186 Å². The number of H-pyrrole nitrogens is 1. The van der Waals surface area contributed by atoms with Gasteiger partial charge in [0.2, 0.25) is 0 Å². The smallest absolute Gasteiger partial charge is 0.256 e. The van der Waals surface area contributed by atoms with E-state index in [1.54, 1.807) is 0 Å². The molecule has 2 N–H and O–H groups in total. The largest absolute Gasteiger partial charge is 0.378 e. The fourth-order valence-corrected chi connectivity index (χ4v) is 5.32. The number of morpholine rings is 1. The van der Waals surface area contributed by atoms with Crippen LogP contribution < -0.4 is 10.2 Å². The molecule has 0 atom stereocenters. The van der Waals surface area contributed by atoms with Gasteiger partial charge in [0.05, 0.1) is 13.2 Å². The van der Waals surface area contributed by atoms with Gasteiger partial charge in [-0.2, -0.15) is 11.8 Å². The van der Waals surface area contributed by atoms with Crippen LogP contribution in [0.2, 0.25) is 0 Å². The zero-order valence-corrected chi connectivity index (χ0v) is 18.4. The van der Waals surface area contributed by atoms with Crippen LogP contribution in [0.4, 0.5) is 11.4 Å². The van der Waals surface area contributed by atoms with Gasteiger partial charge >= 0.3 is 0 Å². The normalized spacial score (nSPS) is 17.7. The average Bonchev–Trinajstić information content (AvgIpc) is 3.24. The van der Waals surface area contributed by atoms with Gasteiger partial charge in [0.15, 0.2) is 0 Å². The van der Waals surface area contributed by atoms with Crippen molar-refractivity contribution in [2.45, 2.75) is 6.54 Å². The highest BCUT2D eigenvalue weighted by Gasteiger charge is 2.18. The summed E-state index contributed by atoms with van der Waals surface area (Å²) in [5.41, 5.74) is 4.89. The van der Waals surface area contributed by atoms with Crippen molar-refractivity contribution in [3.8, 4) is 0 Å². The summed E-state index contributed by atoms with van der Waals surface area (Å²) in [7, 11) is 0. The zero-order chi connectivity index (χ0) is 21.0. The number of anilines is 2. The molecule has 7 heteroatoms. The first-order valence-electron chi connectivity index (χ1n) is 10.9. The van der Waals surface area contributed by atoms with Crippen LogP contribution in [0.1, 0.15) is 15.9 Å². The molecule has 0 aliphatic carbocycles. The topological polar surface area (TPSA) is 60.6 Å². The molecule has 3 heterocycles. The van der Waals surface area contributed by atoms with Gasteiger partial charge in [-0.15, -0.1) is 0 Å². The monoisotopic (exact) mass is 436 g/mol. The van der Waals surface area contributed by atoms with Crippen LogP contribution in [-0.2, 0) is 11.3 Å². The summed E-state index contributed by atoms with van der Waals surface area (Å²) in [6, 6.07) is 14.0. The number of aromatic amines is 1.